The third kappa shape index (κ3) is 2.33. The number of carbonyl (C=O) groups is 2. The van der Waals surface area contributed by atoms with Crippen LogP contribution in [0.5, 0.6) is 0 Å². The summed E-state index contributed by atoms with van der Waals surface area (Å²) < 4.78 is 0.614. The molecule has 2 heterocycles. The summed E-state index contributed by atoms with van der Waals surface area (Å²) in [5.74, 6) is -0.783. The van der Waals surface area contributed by atoms with Gasteiger partial charge in [-0.3, -0.25) is 15.0 Å². The van der Waals surface area contributed by atoms with E-state index in [1.54, 1.807) is 42.5 Å². The van der Waals surface area contributed by atoms with Crippen LogP contribution in [-0.2, 0) is 9.59 Å². The van der Waals surface area contributed by atoms with Crippen LogP contribution in [0.25, 0.3) is 6.08 Å². The van der Waals surface area contributed by atoms with Crippen molar-refractivity contribution in [1.29, 1.82) is 0 Å². The van der Waals surface area contributed by atoms with E-state index in [2.05, 4.69) is 5.43 Å². The summed E-state index contributed by atoms with van der Waals surface area (Å²) in [4.78, 5) is 24.9. The third-order valence-electron chi connectivity index (χ3n) is 2.79. The summed E-state index contributed by atoms with van der Waals surface area (Å²) in [5, 5.41) is 1.24. The van der Waals surface area contributed by atoms with Crippen LogP contribution < -0.4 is 10.4 Å². The van der Waals surface area contributed by atoms with Gasteiger partial charge in [0.1, 0.15) is 5.57 Å². The van der Waals surface area contributed by atoms with Gasteiger partial charge in [0, 0.05) is 4.88 Å². The topological polar surface area (TPSA) is 49.4 Å². The molecule has 2 aromatic rings. The van der Waals surface area contributed by atoms with Crippen LogP contribution in [0, 0.1) is 0 Å². The van der Waals surface area contributed by atoms with Gasteiger partial charge in [-0.05, 0) is 30.3 Å². The van der Waals surface area contributed by atoms with Gasteiger partial charge in [0.25, 0.3) is 11.8 Å². The highest BCUT2D eigenvalue weighted by Crippen LogP contribution is 2.26. The van der Waals surface area contributed by atoms with Crippen LogP contribution in [-0.4, -0.2) is 11.8 Å². The van der Waals surface area contributed by atoms with Crippen LogP contribution in [0.2, 0.25) is 4.34 Å². The number of nitrogens with one attached hydrogen (secondary N) is 1. The van der Waals surface area contributed by atoms with Gasteiger partial charge in [-0.2, -0.15) is 0 Å². The number of hydrogen-bond donors (Lipinski definition) is 1. The molecule has 0 spiro atoms. The van der Waals surface area contributed by atoms with Crippen LogP contribution in [0.4, 0.5) is 5.69 Å². The van der Waals surface area contributed by atoms with Crippen molar-refractivity contribution in [1.82, 2.24) is 5.43 Å². The molecule has 1 fully saturated rings. The maximum Gasteiger partial charge on any atom is 0.282 e. The Labute approximate surface area is 124 Å². The zero-order valence-electron chi connectivity index (χ0n) is 10.2. The Balaban J connectivity index is 1.93. The smallest absolute Gasteiger partial charge is 0.267 e. The molecule has 1 saturated heterocycles. The van der Waals surface area contributed by atoms with Crippen molar-refractivity contribution >= 4 is 46.5 Å². The van der Waals surface area contributed by atoms with Crippen molar-refractivity contribution in [2.75, 3.05) is 5.01 Å². The van der Waals surface area contributed by atoms with E-state index in [0.29, 0.717) is 10.0 Å². The quantitative estimate of drug-likeness (QED) is 0.685. The number of rotatable bonds is 2. The first-order valence-electron chi connectivity index (χ1n) is 5.83. The number of benzene rings is 1. The molecule has 1 aromatic carbocycles. The molecule has 0 unspecified atom stereocenters. The van der Waals surface area contributed by atoms with Crippen molar-refractivity contribution in [2.45, 2.75) is 0 Å². The molecule has 1 aliphatic rings. The lowest BCUT2D eigenvalue weighted by Gasteiger charge is -2.13. The van der Waals surface area contributed by atoms with Crippen LogP contribution in [0.1, 0.15) is 4.88 Å². The summed E-state index contributed by atoms with van der Waals surface area (Å²) in [6.45, 7) is 0. The molecule has 0 atom stereocenters. The van der Waals surface area contributed by atoms with Gasteiger partial charge in [0.15, 0.2) is 0 Å². The Kier molecular flexibility index (Phi) is 3.30. The van der Waals surface area contributed by atoms with Crippen LogP contribution >= 0.6 is 22.9 Å². The molecule has 0 aliphatic carbocycles. The molecule has 0 bridgehead atoms. The average Bonchev–Trinajstić information content (AvgIpc) is 2.98. The first-order chi connectivity index (χ1) is 9.65. The number of carbonyl (C=O) groups excluding carboxylic acids is 2. The highest BCUT2D eigenvalue weighted by Gasteiger charge is 2.34. The van der Waals surface area contributed by atoms with E-state index < -0.39 is 5.91 Å². The van der Waals surface area contributed by atoms with Gasteiger partial charge < -0.3 is 0 Å². The SMILES string of the molecule is O=C1NN(c2ccccc2)C(=O)/C1=C\c1ccc(Cl)s1. The number of hydrogen-bond acceptors (Lipinski definition) is 3. The number of thiophene rings is 1. The number of hydrazine groups is 1. The summed E-state index contributed by atoms with van der Waals surface area (Å²) >= 11 is 7.15. The minimum atomic E-state index is -0.414. The molecular weight excluding hydrogens is 296 g/mol. The average molecular weight is 305 g/mol. The van der Waals surface area contributed by atoms with E-state index >= 15 is 0 Å². The molecule has 4 nitrogen and oxygen atoms in total. The molecule has 6 heteroatoms. The van der Waals surface area contributed by atoms with Gasteiger partial charge in [0.05, 0.1) is 10.0 Å². The number of halogens is 1. The predicted molar refractivity (Wildman–Crippen MR) is 79.4 cm³/mol. The van der Waals surface area contributed by atoms with Crippen LogP contribution in [0.15, 0.2) is 48.0 Å². The fraction of sp³-hybridized carbons (Fsp3) is 0. The zero-order chi connectivity index (χ0) is 14.1. The Morgan fingerprint density at radius 2 is 1.85 bits per heavy atom. The Morgan fingerprint density at radius 3 is 2.50 bits per heavy atom. The van der Waals surface area contributed by atoms with E-state index in [-0.39, 0.29) is 11.5 Å². The second-order valence-corrected chi connectivity index (χ2v) is 5.86. The van der Waals surface area contributed by atoms with Gasteiger partial charge in [-0.25, -0.2) is 5.01 Å². The second-order valence-electron chi connectivity index (χ2n) is 4.12. The van der Waals surface area contributed by atoms with Gasteiger partial charge in [-0.1, -0.05) is 29.8 Å². The fourth-order valence-electron chi connectivity index (χ4n) is 1.86. The molecule has 1 aliphatic heterocycles. The largest absolute Gasteiger partial charge is 0.282 e. The number of para-hydroxylation sites is 1. The highest BCUT2D eigenvalue weighted by molar-refractivity contribution is 7.17. The number of nitrogens with zero attached hydrogens (tertiary/aromatic N) is 1. The second kappa shape index (κ2) is 5.11. The Bertz CT molecular complexity index is 709. The molecule has 3 rings (SSSR count). The van der Waals surface area contributed by atoms with Gasteiger partial charge in [-0.15, -0.1) is 11.3 Å². The number of amides is 2. The van der Waals surface area contributed by atoms with Crippen molar-refractivity contribution in [3.8, 4) is 0 Å². The summed E-state index contributed by atoms with van der Waals surface area (Å²) in [5.41, 5.74) is 3.27. The lowest BCUT2D eigenvalue weighted by molar-refractivity contribution is -0.117. The molecule has 0 saturated carbocycles. The van der Waals surface area contributed by atoms with E-state index in [4.69, 9.17) is 11.6 Å². The maximum atomic E-state index is 12.3. The van der Waals surface area contributed by atoms with Crippen LogP contribution in [0.3, 0.4) is 0 Å². The highest BCUT2D eigenvalue weighted by atomic mass is 35.5. The van der Waals surface area contributed by atoms with Gasteiger partial charge >= 0.3 is 0 Å². The van der Waals surface area contributed by atoms with E-state index in [9.17, 15) is 9.59 Å². The van der Waals surface area contributed by atoms with Crippen molar-refractivity contribution in [3.05, 3.63) is 57.3 Å². The minimum absolute atomic E-state index is 0.104. The van der Waals surface area contributed by atoms with E-state index in [1.165, 1.54) is 16.3 Å². The number of anilines is 1. The van der Waals surface area contributed by atoms with Crippen molar-refractivity contribution < 1.29 is 9.59 Å². The first kappa shape index (κ1) is 12.9. The molecule has 1 N–H and O–H groups in total. The Hall–Kier alpha value is -2.11. The fourth-order valence-corrected chi connectivity index (χ4v) is 2.87. The molecular formula is C14H9ClN2O2S. The molecule has 0 radical (unpaired) electrons. The summed E-state index contributed by atoms with van der Waals surface area (Å²) in [6.07, 6.45) is 1.55. The van der Waals surface area contributed by atoms with E-state index in [1.807, 2.05) is 6.07 Å². The summed E-state index contributed by atoms with van der Waals surface area (Å²) in [7, 11) is 0. The predicted octanol–water partition coefficient (Wildman–Crippen LogP) is 2.86. The maximum absolute atomic E-state index is 12.3. The van der Waals surface area contributed by atoms with Crippen molar-refractivity contribution in [3.63, 3.8) is 0 Å². The lowest BCUT2D eigenvalue weighted by atomic mass is 10.2. The molecule has 20 heavy (non-hydrogen) atoms. The first-order valence-corrected chi connectivity index (χ1v) is 7.02. The minimum Gasteiger partial charge on any atom is -0.267 e. The summed E-state index contributed by atoms with van der Waals surface area (Å²) in [6, 6.07) is 12.4. The third-order valence-corrected chi connectivity index (χ3v) is 3.96. The van der Waals surface area contributed by atoms with Gasteiger partial charge in [0.2, 0.25) is 0 Å². The zero-order valence-corrected chi connectivity index (χ0v) is 11.7. The van der Waals surface area contributed by atoms with Crippen molar-refractivity contribution in [2.24, 2.45) is 0 Å². The van der Waals surface area contributed by atoms with E-state index in [0.717, 1.165) is 4.88 Å². The standard InChI is InChI=1S/C14H9ClN2O2S/c15-12-7-6-10(20-12)8-11-13(18)16-17(14(11)19)9-4-2-1-3-5-9/h1-8H,(H,16,18)/b11-8-. The normalized spacial score (nSPS) is 16.9. The molecule has 1 aromatic heterocycles. The molecule has 100 valence electrons. The monoisotopic (exact) mass is 304 g/mol. The Morgan fingerprint density at radius 1 is 1.10 bits per heavy atom. The molecule has 2 amide bonds. The lowest BCUT2D eigenvalue weighted by Crippen LogP contribution is -2.35.